The Kier molecular flexibility index (Phi) is 4.03. The van der Waals surface area contributed by atoms with Gasteiger partial charge in [-0.25, -0.2) is 0 Å². The predicted molar refractivity (Wildman–Crippen MR) is 65.3 cm³/mol. The fraction of sp³-hybridized carbons (Fsp3) is 0.333. The quantitative estimate of drug-likeness (QED) is 0.575. The van der Waals surface area contributed by atoms with Crippen LogP contribution >= 0.6 is 0 Å². The van der Waals surface area contributed by atoms with Crippen molar-refractivity contribution < 1.29 is 4.74 Å². The van der Waals surface area contributed by atoms with E-state index in [0.29, 0.717) is 12.3 Å². The van der Waals surface area contributed by atoms with E-state index < -0.39 is 0 Å². The van der Waals surface area contributed by atoms with E-state index in [1.54, 1.807) is 0 Å². The monoisotopic (exact) mass is 206 g/mol. The zero-order valence-electron chi connectivity index (χ0n) is 9.34. The van der Waals surface area contributed by atoms with Crippen LogP contribution in [0.15, 0.2) is 30.4 Å². The lowest BCUT2D eigenvalue weighted by Crippen LogP contribution is -2.03. The fourth-order valence-electron chi connectivity index (χ4n) is 1.23. The first-order chi connectivity index (χ1) is 7.11. The van der Waals surface area contributed by atoms with Gasteiger partial charge in [0.2, 0.25) is 0 Å². The second-order valence-electron chi connectivity index (χ2n) is 3.53. The number of anilines is 2. The lowest BCUT2D eigenvalue weighted by molar-refractivity contribution is 0.340. The van der Waals surface area contributed by atoms with Crippen LogP contribution < -0.4 is 15.8 Å². The van der Waals surface area contributed by atoms with E-state index in [4.69, 9.17) is 10.5 Å². The van der Waals surface area contributed by atoms with Crippen molar-refractivity contribution in [3.8, 4) is 5.75 Å². The number of hydrogen-bond donors (Lipinski definition) is 2. The Hall–Kier alpha value is -1.64. The molecule has 0 aliphatic rings. The summed E-state index contributed by atoms with van der Waals surface area (Å²) in [6, 6.07) is 5.63. The minimum absolute atomic E-state index is 0.642. The molecule has 0 aliphatic carbocycles. The van der Waals surface area contributed by atoms with Gasteiger partial charge in [-0.05, 0) is 19.9 Å². The van der Waals surface area contributed by atoms with Crippen molar-refractivity contribution in [3.05, 3.63) is 30.4 Å². The molecule has 0 aromatic heterocycles. The molecule has 0 saturated heterocycles. The Balaban J connectivity index is 2.74. The van der Waals surface area contributed by atoms with Crippen molar-refractivity contribution in [3.63, 3.8) is 0 Å². The molecule has 0 heterocycles. The lowest BCUT2D eigenvalue weighted by Gasteiger charge is -2.10. The van der Waals surface area contributed by atoms with E-state index >= 15 is 0 Å². The van der Waals surface area contributed by atoms with E-state index in [0.717, 1.165) is 23.6 Å². The number of nitrogens with one attached hydrogen (secondary N) is 1. The van der Waals surface area contributed by atoms with Gasteiger partial charge in [0, 0.05) is 30.1 Å². The van der Waals surface area contributed by atoms with Gasteiger partial charge in [0.1, 0.15) is 5.75 Å². The minimum atomic E-state index is 0.642. The molecule has 0 aliphatic heterocycles. The maximum Gasteiger partial charge on any atom is 0.123 e. The standard InChI is InChI=1S/C12H18N2O/c1-4-15-12-6-10(13)5-11(7-12)14-8-9(2)3/h5-7,14H,2,4,8,13H2,1,3H3. The Bertz CT molecular complexity index is 347. The Morgan fingerprint density at radius 3 is 2.80 bits per heavy atom. The summed E-state index contributed by atoms with van der Waals surface area (Å²) in [4.78, 5) is 0. The third kappa shape index (κ3) is 3.94. The number of benzene rings is 1. The second-order valence-corrected chi connectivity index (χ2v) is 3.53. The molecule has 0 bridgehead atoms. The molecule has 15 heavy (non-hydrogen) atoms. The summed E-state index contributed by atoms with van der Waals surface area (Å²) in [7, 11) is 0. The third-order valence-electron chi connectivity index (χ3n) is 1.83. The highest BCUT2D eigenvalue weighted by atomic mass is 16.5. The Morgan fingerprint density at radius 1 is 1.47 bits per heavy atom. The van der Waals surface area contributed by atoms with Gasteiger partial charge in [-0.2, -0.15) is 0 Å². The first-order valence-electron chi connectivity index (χ1n) is 5.03. The summed E-state index contributed by atoms with van der Waals surface area (Å²) in [5, 5.41) is 3.22. The van der Waals surface area contributed by atoms with Gasteiger partial charge >= 0.3 is 0 Å². The van der Waals surface area contributed by atoms with Gasteiger partial charge in [-0.15, -0.1) is 0 Å². The molecular weight excluding hydrogens is 188 g/mol. The number of rotatable bonds is 5. The summed E-state index contributed by atoms with van der Waals surface area (Å²) in [6.45, 7) is 9.14. The molecular formula is C12H18N2O. The molecule has 3 nitrogen and oxygen atoms in total. The minimum Gasteiger partial charge on any atom is -0.494 e. The highest BCUT2D eigenvalue weighted by Gasteiger charge is 1.99. The maximum atomic E-state index is 5.75. The molecule has 1 rings (SSSR count). The zero-order valence-corrected chi connectivity index (χ0v) is 9.34. The Morgan fingerprint density at radius 2 is 2.20 bits per heavy atom. The molecule has 3 N–H and O–H groups in total. The summed E-state index contributed by atoms with van der Waals surface area (Å²) in [5.74, 6) is 0.793. The van der Waals surface area contributed by atoms with Crippen LogP contribution in [-0.4, -0.2) is 13.2 Å². The normalized spacial score (nSPS) is 9.73. The van der Waals surface area contributed by atoms with Gasteiger partial charge < -0.3 is 15.8 Å². The van der Waals surface area contributed by atoms with Crippen molar-refractivity contribution in [1.29, 1.82) is 0 Å². The largest absolute Gasteiger partial charge is 0.494 e. The summed E-state index contributed by atoms with van der Waals surface area (Å²) in [6.07, 6.45) is 0. The van der Waals surface area contributed by atoms with E-state index in [1.165, 1.54) is 0 Å². The molecule has 1 aromatic carbocycles. The number of nitrogen functional groups attached to an aromatic ring is 1. The van der Waals surface area contributed by atoms with Crippen LogP contribution in [0.5, 0.6) is 5.75 Å². The van der Waals surface area contributed by atoms with Crippen LogP contribution in [0.1, 0.15) is 13.8 Å². The van der Waals surface area contributed by atoms with E-state index in [1.807, 2.05) is 32.0 Å². The van der Waals surface area contributed by atoms with Crippen LogP contribution in [0, 0.1) is 0 Å². The van der Waals surface area contributed by atoms with Crippen LogP contribution in [0.4, 0.5) is 11.4 Å². The number of hydrogen-bond acceptors (Lipinski definition) is 3. The van der Waals surface area contributed by atoms with E-state index in [-0.39, 0.29) is 0 Å². The van der Waals surface area contributed by atoms with E-state index in [9.17, 15) is 0 Å². The lowest BCUT2D eigenvalue weighted by atomic mass is 10.2. The molecule has 0 radical (unpaired) electrons. The summed E-state index contributed by atoms with van der Waals surface area (Å²) >= 11 is 0. The highest BCUT2D eigenvalue weighted by molar-refractivity contribution is 5.59. The van der Waals surface area contributed by atoms with Crippen molar-refractivity contribution in [1.82, 2.24) is 0 Å². The van der Waals surface area contributed by atoms with E-state index in [2.05, 4.69) is 11.9 Å². The van der Waals surface area contributed by atoms with Crippen molar-refractivity contribution in [2.45, 2.75) is 13.8 Å². The topological polar surface area (TPSA) is 47.3 Å². The smallest absolute Gasteiger partial charge is 0.123 e. The number of ether oxygens (including phenoxy) is 1. The summed E-state index contributed by atoms with van der Waals surface area (Å²) < 4.78 is 5.39. The average Bonchev–Trinajstić information content (AvgIpc) is 2.14. The van der Waals surface area contributed by atoms with Crippen LogP contribution in [0.25, 0.3) is 0 Å². The van der Waals surface area contributed by atoms with Crippen LogP contribution in [0.3, 0.4) is 0 Å². The molecule has 0 amide bonds. The number of nitrogens with two attached hydrogens (primary N) is 1. The molecule has 0 atom stereocenters. The van der Waals surface area contributed by atoms with Crippen molar-refractivity contribution in [2.24, 2.45) is 0 Å². The molecule has 0 saturated carbocycles. The second kappa shape index (κ2) is 5.29. The third-order valence-corrected chi connectivity index (χ3v) is 1.83. The van der Waals surface area contributed by atoms with Crippen molar-refractivity contribution >= 4 is 11.4 Å². The molecule has 1 aromatic rings. The maximum absolute atomic E-state index is 5.75. The van der Waals surface area contributed by atoms with Crippen LogP contribution in [0.2, 0.25) is 0 Å². The SMILES string of the molecule is C=C(C)CNc1cc(N)cc(OCC)c1. The van der Waals surface area contributed by atoms with Gasteiger partial charge in [-0.3, -0.25) is 0 Å². The fourth-order valence-corrected chi connectivity index (χ4v) is 1.23. The predicted octanol–water partition coefficient (Wildman–Crippen LogP) is 2.66. The Labute approximate surface area is 90.9 Å². The summed E-state index contributed by atoms with van der Waals surface area (Å²) in [5.41, 5.74) is 8.49. The molecule has 3 heteroatoms. The van der Waals surface area contributed by atoms with Crippen LogP contribution in [-0.2, 0) is 0 Å². The first-order valence-corrected chi connectivity index (χ1v) is 5.03. The van der Waals surface area contributed by atoms with Crippen molar-refractivity contribution in [2.75, 3.05) is 24.2 Å². The van der Waals surface area contributed by atoms with Gasteiger partial charge in [0.25, 0.3) is 0 Å². The van der Waals surface area contributed by atoms with Gasteiger partial charge in [0.05, 0.1) is 6.61 Å². The zero-order chi connectivity index (χ0) is 11.3. The van der Waals surface area contributed by atoms with Gasteiger partial charge in [-0.1, -0.05) is 12.2 Å². The van der Waals surface area contributed by atoms with Gasteiger partial charge in [0.15, 0.2) is 0 Å². The molecule has 82 valence electrons. The highest BCUT2D eigenvalue weighted by Crippen LogP contribution is 2.22. The molecule has 0 fully saturated rings. The molecule has 0 unspecified atom stereocenters. The molecule has 0 spiro atoms. The first kappa shape index (κ1) is 11.4. The average molecular weight is 206 g/mol.